The first-order chi connectivity index (χ1) is 11.2. The van der Waals surface area contributed by atoms with Gasteiger partial charge in [-0.3, -0.25) is 0 Å². The number of fused-ring (bicyclic) bond motifs is 1. The fraction of sp³-hybridized carbons (Fsp3) is 0.222. The van der Waals surface area contributed by atoms with E-state index in [1.54, 1.807) is 6.07 Å². The van der Waals surface area contributed by atoms with E-state index in [1.165, 1.54) is 16.5 Å². The predicted molar refractivity (Wildman–Crippen MR) is 104 cm³/mol. The predicted octanol–water partition coefficient (Wildman–Crippen LogP) is 4.50. The molecule has 128 valence electrons. The first-order valence-corrected chi connectivity index (χ1v) is 8.27. The number of nitrogens with one attached hydrogen (secondary N) is 1. The Balaban J connectivity index is 0.00000208. The van der Waals surface area contributed by atoms with Crippen molar-refractivity contribution in [2.75, 3.05) is 13.2 Å². The first-order valence-electron chi connectivity index (χ1n) is 7.51. The van der Waals surface area contributed by atoms with E-state index < -0.39 is 0 Å². The minimum Gasteiger partial charge on any atom is -0.395 e. The van der Waals surface area contributed by atoms with Gasteiger partial charge in [0.25, 0.3) is 0 Å². The molecule has 0 unspecified atom stereocenters. The molecule has 3 nitrogen and oxygen atoms in total. The summed E-state index contributed by atoms with van der Waals surface area (Å²) in [5.74, 6) is 0. The van der Waals surface area contributed by atoms with Crippen LogP contribution in [-0.4, -0.2) is 22.8 Å². The Bertz CT molecular complexity index is 817. The van der Waals surface area contributed by atoms with Crippen LogP contribution >= 0.6 is 35.6 Å². The maximum atomic E-state index is 8.92. The third-order valence-corrected chi connectivity index (χ3v) is 4.42. The highest BCUT2D eigenvalue weighted by atomic mass is 35.5. The van der Waals surface area contributed by atoms with E-state index in [0.29, 0.717) is 23.1 Å². The molecule has 2 aromatic carbocycles. The molecule has 0 radical (unpaired) electrons. The fourth-order valence-electron chi connectivity index (χ4n) is 2.73. The van der Waals surface area contributed by atoms with Crippen molar-refractivity contribution in [3.63, 3.8) is 0 Å². The summed E-state index contributed by atoms with van der Waals surface area (Å²) in [5.41, 5.74) is 3.41. The molecule has 0 aliphatic carbocycles. The number of aromatic nitrogens is 1. The minimum atomic E-state index is 0. The Labute approximate surface area is 157 Å². The molecule has 0 spiro atoms. The van der Waals surface area contributed by atoms with Crippen LogP contribution in [0.5, 0.6) is 0 Å². The zero-order valence-corrected chi connectivity index (χ0v) is 15.3. The molecular weight excluding hydrogens is 367 g/mol. The van der Waals surface area contributed by atoms with Gasteiger partial charge in [0, 0.05) is 46.8 Å². The zero-order chi connectivity index (χ0) is 16.2. The van der Waals surface area contributed by atoms with Crippen molar-refractivity contribution in [1.29, 1.82) is 0 Å². The number of rotatable bonds is 6. The van der Waals surface area contributed by atoms with Gasteiger partial charge in [0.05, 0.1) is 6.61 Å². The number of aliphatic hydroxyl groups excluding tert-OH is 1. The molecule has 2 N–H and O–H groups in total. The summed E-state index contributed by atoms with van der Waals surface area (Å²) in [6.45, 7) is 2.14. The van der Waals surface area contributed by atoms with Crippen LogP contribution in [0.25, 0.3) is 10.9 Å². The van der Waals surface area contributed by atoms with Gasteiger partial charge in [-0.15, -0.1) is 12.4 Å². The summed E-state index contributed by atoms with van der Waals surface area (Å²) in [7, 11) is 0. The lowest BCUT2D eigenvalue weighted by molar-refractivity contribution is 0.292. The van der Waals surface area contributed by atoms with Gasteiger partial charge < -0.3 is 15.0 Å². The highest BCUT2D eigenvalue weighted by molar-refractivity contribution is 6.35. The maximum Gasteiger partial charge on any atom is 0.0556 e. The maximum absolute atomic E-state index is 8.92. The molecule has 0 atom stereocenters. The molecule has 1 heterocycles. The van der Waals surface area contributed by atoms with Crippen LogP contribution < -0.4 is 5.32 Å². The standard InChI is InChI=1S/C18H18Cl2N2O.ClH/c19-15-6-5-13(17(20)9-15)11-22-12-14(10-21-7-8-23)16-3-1-2-4-18(16)22;/h1-6,9,12,21,23H,7-8,10-11H2;1H. The van der Waals surface area contributed by atoms with Crippen molar-refractivity contribution in [2.24, 2.45) is 0 Å². The van der Waals surface area contributed by atoms with Crippen molar-refractivity contribution < 1.29 is 5.11 Å². The van der Waals surface area contributed by atoms with Gasteiger partial charge in [-0.2, -0.15) is 0 Å². The number of benzene rings is 2. The summed E-state index contributed by atoms with van der Waals surface area (Å²) in [6.07, 6.45) is 2.14. The van der Waals surface area contributed by atoms with Crippen molar-refractivity contribution in [3.05, 3.63) is 69.8 Å². The average molecular weight is 386 g/mol. The summed E-state index contributed by atoms with van der Waals surface area (Å²) >= 11 is 12.3. The summed E-state index contributed by atoms with van der Waals surface area (Å²) in [6, 6.07) is 13.9. The molecule has 1 aromatic heterocycles. The van der Waals surface area contributed by atoms with Crippen molar-refractivity contribution in [3.8, 4) is 0 Å². The normalized spacial score (nSPS) is 10.8. The van der Waals surface area contributed by atoms with Gasteiger partial charge in [-0.25, -0.2) is 0 Å². The number of hydrogen-bond acceptors (Lipinski definition) is 2. The summed E-state index contributed by atoms with van der Waals surface area (Å²) in [4.78, 5) is 0. The van der Waals surface area contributed by atoms with Crippen LogP contribution in [0, 0.1) is 0 Å². The molecule has 6 heteroatoms. The van der Waals surface area contributed by atoms with Gasteiger partial charge in [0.2, 0.25) is 0 Å². The van der Waals surface area contributed by atoms with E-state index in [2.05, 4.69) is 28.2 Å². The molecule has 3 rings (SSSR count). The van der Waals surface area contributed by atoms with Crippen LogP contribution in [0.2, 0.25) is 10.0 Å². The number of hydrogen-bond donors (Lipinski definition) is 2. The molecule has 0 saturated heterocycles. The number of aliphatic hydroxyl groups is 1. The van der Waals surface area contributed by atoms with E-state index in [4.69, 9.17) is 28.3 Å². The molecule has 0 saturated carbocycles. The van der Waals surface area contributed by atoms with E-state index in [-0.39, 0.29) is 19.0 Å². The fourth-order valence-corrected chi connectivity index (χ4v) is 3.20. The monoisotopic (exact) mass is 384 g/mol. The van der Waals surface area contributed by atoms with Crippen molar-refractivity contribution >= 4 is 46.5 Å². The molecule has 3 aromatic rings. The Morgan fingerprint density at radius 2 is 1.83 bits per heavy atom. The van der Waals surface area contributed by atoms with Crippen LogP contribution in [0.1, 0.15) is 11.1 Å². The van der Waals surface area contributed by atoms with E-state index in [0.717, 1.165) is 12.1 Å². The Morgan fingerprint density at radius 3 is 2.58 bits per heavy atom. The van der Waals surface area contributed by atoms with Crippen molar-refractivity contribution in [1.82, 2.24) is 9.88 Å². The summed E-state index contributed by atoms with van der Waals surface area (Å²) < 4.78 is 2.19. The summed E-state index contributed by atoms with van der Waals surface area (Å²) in [5, 5.41) is 14.7. The molecule has 24 heavy (non-hydrogen) atoms. The third-order valence-electron chi connectivity index (χ3n) is 3.83. The second-order valence-electron chi connectivity index (χ2n) is 5.44. The second kappa shape index (κ2) is 8.75. The SMILES string of the molecule is Cl.OCCNCc1cn(Cc2ccc(Cl)cc2Cl)c2ccccc12. The molecule has 0 fully saturated rings. The first kappa shape index (κ1) is 19.1. The highest BCUT2D eigenvalue weighted by Crippen LogP contribution is 2.26. The van der Waals surface area contributed by atoms with Crippen LogP contribution in [0.3, 0.4) is 0 Å². The van der Waals surface area contributed by atoms with Gasteiger partial charge in [-0.1, -0.05) is 47.5 Å². The Morgan fingerprint density at radius 1 is 1.04 bits per heavy atom. The van der Waals surface area contributed by atoms with Crippen molar-refractivity contribution in [2.45, 2.75) is 13.1 Å². The largest absolute Gasteiger partial charge is 0.395 e. The molecule has 0 amide bonds. The van der Waals surface area contributed by atoms with Crippen LogP contribution in [-0.2, 0) is 13.1 Å². The smallest absolute Gasteiger partial charge is 0.0556 e. The van der Waals surface area contributed by atoms with Crippen LogP contribution in [0.4, 0.5) is 0 Å². The lowest BCUT2D eigenvalue weighted by Gasteiger charge is -2.08. The van der Waals surface area contributed by atoms with E-state index in [1.807, 2.05) is 24.3 Å². The van der Waals surface area contributed by atoms with Gasteiger partial charge in [0.15, 0.2) is 0 Å². The van der Waals surface area contributed by atoms with E-state index in [9.17, 15) is 0 Å². The Hall–Kier alpha value is -1.23. The van der Waals surface area contributed by atoms with Gasteiger partial charge >= 0.3 is 0 Å². The second-order valence-corrected chi connectivity index (χ2v) is 6.28. The molecule has 0 bridgehead atoms. The lowest BCUT2D eigenvalue weighted by atomic mass is 10.2. The number of halogens is 3. The van der Waals surface area contributed by atoms with Crippen LogP contribution in [0.15, 0.2) is 48.7 Å². The average Bonchev–Trinajstić information content (AvgIpc) is 2.89. The van der Waals surface area contributed by atoms with E-state index >= 15 is 0 Å². The topological polar surface area (TPSA) is 37.2 Å². The molecule has 0 aliphatic rings. The third kappa shape index (κ3) is 4.24. The zero-order valence-electron chi connectivity index (χ0n) is 13.0. The lowest BCUT2D eigenvalue weighted by Crippen LogP contribution is -2.17. The van der Waals surface area contributed by atoms with Gasteiger partial charge in [-0.05, 0) is 29.3 Å². The minimum absolute atomic E-state index is 0. The molecule has 0 aliphatic heterocycles. The molecular formula is C18H19Cl3N2O. The van der Waals surface area contributed by atoms with Gasteiger partial charge in [0.1, 0.15) is 0 Å². The highest BCUT2D eigenvalue weighted by Gasteiger charge is 2.10. The Kier molecular flexibility index (Phi) is 6.96. The quantitative estimate of drug-likeness (QED) is 0.613. The number of para-hydroxylation sites is 1. The number of nitrogens with zero attached hydrogens (tertiary/aromatic N) is 1.